The van der Waals surface area contributed by atoms with Crippen molar-refractivity contribution < 1.29 is 9.53 Å². The zero-order valence-corrected chi connectivity index (χ0v) is 16.8. The van der Waals surface area contributed by atoms with Crippen LogP contribution in [0.3, 0.4) is 0 Å². The lowest BCUT2D eigenvalue weighted by molar-refractivity contribution is -0.0705. The van der Waals surface area contributed by atoms with Gasteiger partial charge in [-0.3, -0.25) is 9.69 Å². The number of nitrogens with zero attached hydrogens (tertiary/aromatic N) is 1. The van der Waals surface area contributed by atoms with E-state index >= 15 is 0 Å². The van der Waals surface area contributed by atoms with Crippen LogP contribution in [0.2, 0.25) is 0 Å². The van der Waals surface area contributed by atoms with E-state index in [4.69, 9.17) is 4.74 Å². The van der Waals surface area contributed by atoms with E-state index in [-0.39, 0.29) is 12.2 Å². The number of ether oxygens (including phenoxy) is 1. The second-order valence-corrected chi connectivity index (χ2v) is 7.64. The summed E-state index contributed by atoms with van der Waals surface area (Å²) in [5.41, 5.74) is 6.74. The molecular formula is C23H30N2O2. The van der Waals surface area contributed by atoms with Crippen LogP contribution in [0.15, 0.2) is 36.4 Å². The quantitative estimate of drug-likeness (QED) is 0.773. The minimum atomic E-state index is 0.284. The predicted molar refractivity (Wildman–Crippen MR) is 110 cm³/mol. The molecule has 1 saturated heterocycles. The van der Waals surface area contributed by atoms with E-state index in [0.29, 0.717) is 0 Å². The summed E-state index contributed by atoms with van der Waals surface area (Å²) in [6, 6.07) is 12.3. The molecule has 4 nitrogen and oxygen atoms in total. The van der Waals surface area contributed by atoms with Crippen LogP contribution in [0.4, 0.5) is 5.69 Å². The monoisotopic (exact) mass is 366 g/mol. The fourth-order valence-corrected chi connectivity index (χ4v) is 3.92. The molecule has 1 N–H and O–H groups in total. The van der Waals surface area contributed by atoms with Crippen molar-refractivity contribution in [2.75, 3.05) is 18.4 Å². The van der Waals surface area contributed by atoms with Crippen molar-refractivity contribution in [3.63, 3.8) is 0 Å². The molecule has 144 valence electrons. The van der Waals surface area contributed by atoms with E-state index in [1.165, 1.54) is 16.7 Å². The molecule has 2 unspecified atom stereocenters. The number of carbonyl (C=O) groups is 1. The Morgan fingerprint density at radius 3 is 2.41 bits per heavy atom. The van der Waals surface area contributed by atoms with Crippen LogP contribution in [0, 0.1) is 13.8 Å². The van der Waals surface area contributed by atoms with Crippen molar-refractivity contribution in [3.8, 4) is 0 Å². The van der Waals surface area contributed by atoms with Gasteiger partial charge < -0.3 is 10.1 Å². The molecule has 1 aliphatic heterocycles. The topological polar surface area (TPSA) is 41.6 Å². The van der Waals surface area contributed by atoms with Gasteiger partial charge in [-0.25, -0.2) is 0 Å². The zero-order chi connectivity index (χ0) is 19.4. The van der Waals surface area contributed by atoms with Crippen molar-refractivity contribution in [2.45, 2.75) is 53.0 Å². The molecule has 27 heavy (non-hydrogen) atoms. The van der Waals surface area contributed by atoms with E-state index in [0.717, 1.165) is 49.3 Å². The molecule has 0 saturated carbocycles. The molecule has 0 spiro atoms. The molecule has 4 heteroatoms. The molecule has 1 heterocycles. The normalized spacial score (nSPS) is 20.4. The van der Waals surface area contributed by atoms with Gasteiger partial charge in [0.25, 0.3) is 0 Å². The highest BCUT2D eigenvalue weighted by molar-refractivity contribution is 5.80. The summed E-state index contributed by atoms with van der Waals surface area (Å²) in [6.07, 6.45) is 1.48. The fourth-order valence-electron chi connectivity index (χ4n) is 3.92. The molecule has 2 aromatic rings. The highest BCUT2D eigenvalue weighted by Crippen LogP contribution is 2.22. The lowest BCUT2D eigenvalue weighted by Gasteiger charge is -2.35. The molecule has 0 aliphatic carbocycles. The van der Waals surface area contributed by atoms with E-state index in [9.17, 15) is 4.79 Å². The van der Waals surface area contributed by atoms with Crippen LogP contribution in [-0.2, 0) is 17.8 Å². The fraction of sp³-hybridized carbons (Fsp3) is 0.435. The molecule has 1 aliphatic rings. The SMILES string of the molecule is Cc1c(CNc2cccc(C=O)c2C)cccc1CN1CC(C)OC(C)C1. The minimum absolute atomic E-state index is 0.284. The number of rotatable bonds is 6. The first-order valence-electron chi connectivity index (χ1n) is 9.71. The van der Waals surface area contributed by atoms with Crippen molar-refractivity contribution in [1.82, 2.24) is 4.90 Å². The van der Waals surface area contributed by atoms with Gasteiger partial charge in [-0.05, 0) is 56.0 Å². The molecular weight excluding hydrogens is 336 g/mol. The second-order valence-electron chi connectivity index (χ2n) is 7.64. The lowest BCUT2D eigenvalue weighted by Crippen LogP contribution is -2.44. The first-order chi connectivity index (χ1) is 13.0. The maximum atomic E-state index is 11.1. The molecule has 0 bridgehead atoms. The van der Waals surface area contributed by atoms with Crippen LogP contribution in [0.5, 0.6) is 0 Å². The Morgan fingerprint density at radius 1 is 1.04 bits per heavy atom. The number of carbonyl (C=O) groups excluding carboxylic acids is 1. The van der Waals surface area contributed by atoms with Gasteiger partial charge in [-0.2, -0.15) is 0 Å². The van der Waals surface area contributed by atoms with E-state index < -0.39 is 0 Å². The average Bonchev–Trinajstić information content (AvgIpc) is 2.62. The molecule has 0 aromatic heterocycles. The Bertz CT molecular complexity index is 793. The highest BCUT2D eigenvalue weighted by Gasteiger charge is 2.22. The van der Waals surface area contributed by atoms with Crippen molar-refractivity contribution in [3.05, 3.63) is 64.2 Å². The Labute approximate surface area is 162 Å². The standard InChI is InChI=1S/C23H30N2O2/c1-16-12-25(13-17(2)27-16)14-21-8-5-7-20(18(21)3)11-24-23-10-6-9-22(15-26)19(23)4/h5-10,15-17,24H,11-14H2,1-4H3. The first-order valence-corrected chi connectivity index (χ1v) is 9.71. The molecule has 2 atom stereocenters. The van der Waals surface area contributed by atoms with Gasteiger partial charge in [-0.15, -0.1) is 0 Å². The maximum Gasteiger partial charge on any atom is 0.150 e. The molecule has 3 rings (SSSR count). The van der Waals surface area contributed by atoms with Crippen LogP contribution in [-0.4, -0.2) is 36.5 Å². The largest absolute Gasteiger partial charge is 0.381 e. The summed E-state index contributed by atoms with van der Waals surface area (Å²) < 4.78 is 5.85. The molecule has 1 fully saturated rings. The summed E-state index contributed by atoms with van der Waals surface area (Å²) in [7, 11) is 0. The van der Waals surface area contributed by atoms with Gasteiger partial charge in [0.05, 0.1) is 12.2 Å². The number of anilines is 1. The smallest absolute Gasteiger partial charge is 0.150 e. The third-order valence-electron chi connectivity index (χ3n) is 5.42. The van der Waals surface area contributed by atoms with Crippen LogP contribution >= 0.6 is 0 Å². The Hall–Kier alpha value is -2.17. The van der Waals surface area contributed by atoms with E-state index in [2.05, 4.69) is 49.2 Å². The van der Waals surface area contributed by atoms with Gasteiger partial charge in [0, 0.05) is 37.4 Å². The number of nitrogens with one attached hydrogen (secondary N) is 1. The Kier molecular flexibility index (Phi) is 6.30. The predicted octanol–water partition coefficient (Wildman–Crippen LogP) is 4.34. The van der Waals surface area contributed by atoms with E-state index in [1.807, 2.05) is 25.1 Å². The number of aldehydes is 1. The Balaban J connectivity index is 1.71. The summed E-state index contributed by atoms with van der Waals surface area (Å²) >= 11 is 0. The molecule has 0 amide bonds. The van der Waals surface area contributed by atoms with E-state index in [1.54, 1.807) is 0 Å². The van der Waals surface area contributed by atoms with Crippen molar-refractivity contribution in [1.29, 1.82) is 0 Å². The van der Waals surface area contributed by atoms with Gasteiger partial charge in [0.2, 0.25) is 0 Å². The lowest BCUT2D eigenvalue weighted by atomic mass is 10.0. The van der Waals surface area contributed by atoms with Crippen LogP contribution < -0.4 is 5.32 Å². The third-order valence-corrected chi connectivity index (χ3v) is 5.42. The number of benzene rings is 2. The van der Waals surface area contributed by atoms with Crippen molar-refractivity contribution >= 4 is 12.0 Å². The molecule has 0 radical (unpaired) electrons. The number of hydrogen-bond acceptors (Lipinski definition) is 4. The second kappa shape index (κ2) is 8.68. The Morgan fingerprint density at radius 2 is 1.70 bits per heavy atom. The molecule has 2 aromatic carbocycles. The minimum Gasteiger partial charge on any atom is -0.381 e. The zero-order valence-electron chi connectivity index (χ0n) is 16.8. The van der Waals surface area contributed by atoms with Crippen LogP contribution in [0.1, 0.15) is 46.5 Å². The average molecular weight is 367 g/mol. The van der Waals surface area contributed by atoms with Gasteiger partial charge in [0.1, 0.15) is 6.29 Å². The number of hydrogen-bond donors (Lipinski definition) is 1. The van der Waals surface area contributed by atoms with Gasteiger partial charge in [0.15, 0.2) is 0 Å². The summed E-state index contributed by atoms with van der Waals surface area (Å²) in [6.45, 7) is 12.1. The number of morpholine rings is 1. The van der Waals surface area contributed by atoms with Crippen molar-refractivity contribution in [2.24, 2.45) is 0 Å². The third kappa shape index (κ3) is 4.76. The summed E-state index contributed by atoms with van der Waals surface area (Å²) in [4.78, 5) is 13.6. The summed E-state index contributed by atoms with van der Waals surface area (Å²) in [5, 5.41) is 3.50. The highest BCUT2D eigenvalue weighted by atomic mass is 16.5. The first kappa shape index (κ1) is 19.6. The maximum absolute atomic E-state index is 11.1. The van der Waals surface area contributed by atoms with Gasteiger partial charge in [-0.1, -0.05) is 30.3 Å². The van der Waals surface area contributed by atoms with Gasteiger partial charge >= 0.3 is 0 Å². The summed E-state index contributed by atoms with van der Waals surface area (Å²) in [5.74, 6) is 0. The van der Waals surface area contributed by atoms with Crippen LogP contribution in [0.25, 0.3) is 0 Å².